The lowest BCUT2D eigenvalue weighted by Crippen LogP contribution is -2.05. The molecule has 1 heterocycles. The average Bonchev–Trinajstić information content (AvgIpc) is 1.98. The van der Waals surface area contributed by atoms with Crippen LogP contribution in [0, 0.1) is 9.39 Å². The predicted octanol–water partition coefficient (Wildman–Crippen LogP) is 1.45. The van der Waals surface area contributed by atoms with Crippen LogP contribution in [0.1, 0.15) is 5.69 Å². The molecule has 1 N–H and O–H groups in total. The third-order valence-corrected chi connectivity index (χ3v) is 2.37. The Kier molecular flexibility index (Phi) is 2.96. The van der Waals surface area contributed by atoms with Gasteiger partial charge in [0.05, 0.1) is 15.7 Å². The Labute approximate surface area is 81.8 Å². The Morgan fingerprint density at radius 3 is 3.00 bits per heavy atom. The molecule has 0 atom stereocenters. The maximum absolute atomic E-state index is 12.8. The fraction of sp³-hybridized carbons (Fsp3) is 0.143. The number of carboxylic acid groups (broad SMARTS) is 1. The van der Waals surface area contributed by atoms with E-state index in [1.165, 1.54) is 12.3 Å². The minimum absolute atomic E-state index is 0.240. The number of aliphatic carboxylic acids is 1. The number of hydrogen-bond donors (Lipinski definition) is 1. The van der Waals surface area contributed by atoms with E-state index < -0.39 is 11.8 Å². The van der Waals surface area contributed by atoms with Crippen molar-refractivity contribution >= 4 is 28.6 Å². The van der Waals surface area contributed by atoms with Gasteiger partial charge in [-0.2, -0.15) is 0 Å². The zero-order valence-corrected chi connectivity index (χ0v) is 8.08. The van der Waals surface area contributed by atoms with E-state index in [0.717, 1.165) is 0 Å². The fourth-order valence-electron chi connectivity index (χ4n) is 0.727. The third-order valence-electron chi connectivity index (χ3n) is 1.23. The van der Waals surface area contributed by atoms with Gasteiger partial charge in [-0.1, -0.05) is 0 Å². The van der Waals surface area contributed by atoms with E-state index in [1.54, 1.807) is 22.6 Å². The van der Waals surface area contributed by atoms with Crippen LogP contribution in [0.25, 0.3) is 0 Å². The molecule has 3 nitrogen and oxygen atoms in total. The van der Waals surface area contributed by atoms with Crippen LogP contribution >= 0.6 is 22.6 Å². The first-order chi connectivity index (χ1) is 5.61. The van der Waals surface area contributed by atoms with E-state index in [9.17, 15) is 9.18 Å². The van der Waals surface area contributed by atoms with E-state index in [2.05, 4.69) is 4.98 Å². The SMILES string of the molecule is O=C(O)Cc1nccc(F)c1I. The Morgan fingerprint density at radius 1 is 1.75 bits per heavy atom. The number of pyridine rings is 1. The molecule has 0 bridgehead atoms. The lowest BCUT2D eigenvalue weighted by molar-refractivity contribution is -0.136. The van der Waals surface area contributed by atoms with Crippen molar-refractivity contribution in [3.05, 3.63) is 27.3 Å². The summed E-state index contributed by atoms with van der Waals surface area (Å²) in [5, 5.41) is 8.42. The number of halogens is 2. The maximum atomic E-state index is 12.8. The molecule has 0 aliphatic carbocycles. The van der Waals surface area contributed by atoms with Crippen molar-refractivity contribution in [1.82, 2.24) is 4.98 Å². The second kappa shape index (κ2) is 3.79. The highest BCUT2D eigenvalue weighted by Gasteiger charge is 2.09. The highest BCUT2D eigenvalue weighted by atomic mass is 127. The van der Waals surface area contributed by atoms with Crippen LogP contribution in [0.5, 0.6) is 0 Å². The summed E-state index contributed by atoms with van der Waals surface area (Å²) in [5.74, 6) is -1.44. The summed E-state index contributed by atoms with van der Waals surface area (Å²) < 4.78 is 13.1. The van der Waals surface area contributed by atoms with Crippen molar-refractivity contribution in [2.45, 2.75) is 6.42 Å². The van der Waals surface area contributed by atoms with Gasteiger partial charge < -0.3 is 5.11 Å². The van der Waals surface area contributed by atoms with Gasteiger partial charge in [-0.15, -0.1) is 0 Å². The smallest absolute Gasteiger partial charge is 0.309 e. The molecule has 0 spiro atoms. The summed E-state index contributed by atoms with van der Waals surface area (Å²) >= 11 is 1.74. The van der Waals surface area contributed by atoms with Crippen LogP contribution < -0.4 is 0 Å². The number of nitrogens with zero attached hydrogens (tertiary/aromatic N) is 1. The van der Waals surface area contributed by atoms with Crippen molar-refractivity contribution in [3.63, 3.8) is 0 Å². The minimum Gasteiger partial charge on any atom is -0.481 e. The highest BCUT2D eigenvalue weighted by Crippen LogP contribution is 2.13. The van der Waals surface area contributed by atoms with Gasteiger partial charge in [-0.3, -0.25) is 9.78 Å². The molecular weight excluding hydrogens is 276 g/mol. The first-order valence-corrected chi connectivity index (χ1v) is 4.20. The normalized spacial score (nSPS) is 9.83. The number of aromatic nitrogens is 1. The quantitative estimate of drug-likeness (QED) is 0.835. The van der Waals surface area contributed by atoms with Gasteiger partial charge in [0, 0.05) is 6.20 Å². The van der Waals surface area contributed by atoms with Gasteiger partial charge in [-0.05, 0) is 28.7 Å². The predicted molar refractivity (Wildman–Crippen MR) is 48.3 cm³/mol. The summed E-state index contributed by atoms with van der Waals surface area (Å²) in [5.41, 5.74) is 0.267. The molecule has 0 radical (unpaired) electrons. The van der Waals surface area contributed by atoms with Gasteiger partial charge in [-0.25, -0.2) is 4.39 Å². The molecule has 0 unspecified atom stereocenters. The number of carbonyl (C=O) groups is 1. The first kappa shape index (κ1) is 9.37. The first-order valence-electron chi connectivity index (χ1n) is 3.12. The van der Waals surface area contributed by atoms with Gasteiger partial charge in [0.25, 0.3) is 0 Å². The van der Waals surface area contributed by atoms with E-state index in [-0.39, 0.29) is 15.7 Å². The van der Waals surface area contributed by atoms with Crippen LogP contribution in [0.15, 0.2) is 12.3 Å². The average molecular weight is 281 g/mol. The van der Waals surface area contributed by atoms with Crippen molar-refractivity contribution in [1.29, 1.82) is 0 Å². The Balaban J connectivity index is 3.00. The number of rotatable bonds is 2. The third kappa shape index (κ3) is 2.13. The molecule has 12 heavy (non-hydrogen) atoms. The monoisotopic (exact) mass is 281 g/mol. The van der Waals surface area contributed by atoms with Crippen LogP contribution in [0.2, 0.25) is 0 Å². The molecule has 0 aliphatic heterocycles. The zero-order valence-electron chi connectivity index (χ0n) is 5.92. The molecule has 0 aliphatic rings. The standard InChI is InChI=1S/C7H5FINO2/c8-4-1-2-10-5(7(4)9)3-6(11)12/h1-2H,3H2,(H,11,12). The van der Waals surface area contributed by atoms with E-state index >= 15 is 0 Å². The van der Waals surface area contributed by atoms with Crippen LogP contribution in [-0.2, 0) is 11.2 Å². The minimum atomic E-state index is -1.01. The van der Waals surface area contributed by atoms with Crippen molar-refractivity contribution in [2.24, 2.45) is 0 Å². The second-order valence-electron chi connectivity index (χ2n) is 2.12. The van der Waals surface area contributed by atoms with Crippen LogP contribution in [0.4, 0.5) is 4.39 Å². The highest BCUT2D eigenvalue weighted by molar-refractivity contribution is 14.1. The lowest BCUT2D eigenvalue weighted by Gasteiger charge is -1.99. The van der Waals surface area contributed by atoms with Crippen molar-refractivity contribution in [2.75, 3.05) is 0 Å². The fourth-order valence-corrected chi connectivity index (χ4v) is 1.24. The number of carboxylic acids is 1. The molecule has 5 heteroatoms. The molecule has 0 amide bonds. The van der Waals surface area contributed by atoms with Gasteiger partial charge in [0.2, 0.25) is 0 Å². The summed E-state index contributed by atoms with van der Waals surface area (Å²) in [6.07, 6.45) is 1.02. The summed E-state index contributed by atoms with van der Waals surface area (Å²) in [4.78, 5) is 14.0. The summed E-state index contributed by atoms with van der Waals surface area (Å²) in [6, 6.07) is 1.20. The lowest BCUT2D eigenvalue weighted by atomic mass is 10.3. The molecule has 1 aromatic rings. The molecular formula is C7H5FINO2. The van der Waals surface area contributed by atoms with E-state index in [4.69, 9.17) is 5.11 Å². The maximum Gasteiger partial charge on any atom is 0.309 e. The van der Waals surface area contributed by atoms with Gasteiger partial charge in [0.1, 0.15) is 5.82 Å². The molecule has 0 fully saturated rings. The molecule has 64 valence electrons. The Morgan fingerprint density at radius 2 is 2.42 bits per heavy atom. The molecule has 0 saturated carbocycles. The van der Waals surface area contributed by atoms with Crippen molar-refractivity contribution < 1.29 is 14.3 Å². The summed E-state index contributed by atoms with van der Waals surface area (Å²) in [6.45, 7) is 0. The largest absolute Gasteiger partial charge is 0.481 e. The van der Waals surface area contributed by atoms with Gasteiger partial charge >= 0.3 is 5.97 Å². The topological polar surface area (TPSA) is 50.2 Å². The number of hydrogen-bond acceptors (Lipinski definition) is 2. The van der Waals surface area contributed by atoms with E-state index in [1.807, 2.05) is 0 Å². The Bertz CT molecular complexity index is 316. The molecule has 1 rings (SSSR count). The molecule has 0 aromatic carbocycles. The Hall–Kier alpha value is -0.720. The summed E-state index contributed by atoms with van der Waals surface area (Å²) in [7, 11) is 0. The molecule has 0 saturated heterocycles. The van der Waals surface area contributed by atoms with Crippen LogP contribution in [0.3, 0.4) is 0 Å². The second-order valence-corrected chi connectivity index (χ2v) is 3.20. The van der Waals surface area contributed by atoms with E-state index in [0.29, 0.717) is 0 Å². The van der Waals surface area contributed by atoms with Gasteiger partial charge in [0.15, 0.2) is 0 Å². The van der Waals surface area contributed by atoms with Crippen molar-refractivity contribution in [3.8, 4) is 0 Å². The molecule has 1 aromatic heterocycles. The van der Waals surface area contributed by atoms with Crippen LogP contribution in [-0.4, -0.2) is 16.1 Å². The zero-order chi connectivity index (χ0) is 9.14.